The van der Waals surface area contributed by atoms with Gasteiger partial charge in [0, 0.05) is 31.6 Å². The van der Waals surface area contributed by atoms with Gasteiger partial charge in [0.2, 0.25) is 0 Å². The molecular formula is C14H16N4O4. The fourth-order valence-corrected chi connectivity index (χ4v) is 1.85. The monoisotopic (exact) mass is 304 g/mol. The molecule has 1 aromatic carbocycles. The molecule has 8 heteroatoms. The number of aromatic nitrogens is 1. The van der Waals surface area contributed by atoms with Gasteiger partial charge in [0.05, 0.1) is 4.92 Å². The Morgan fingerprint density at radius 1 is 1.32 bits per heavy atom. The minimum absolute atomic E-state index is 0.0443. The summed E-state index contributed by atoms with van der Waals surface area (Å²) < 4.78 is 5.11. The van der Waals surface area contributed by atoms with Crippen LogP contribution in [0.4, 0.5) is 5.69 Å². The molecule has 0 atom stereocenters. The molecule has 0 aliphatic heterocycles. The topological polar surface area (TPSA) is 124 Å². The van der Waals surface area contributed by atoms with Crippen molar-refractivity contribution in [2.75, 3.05) is 13.1 Å². The molecule has 0 fully saturated rings. The number of nitrogens with one attached hydrogen (secondary N) is 1. The molecule has 0 saturated heterocycles. The first-order chi connectivity index (χ1) is 10.6. The summed E-state index contributed by atoms with van der Waals surface area (Å²) in [5.74, 6) is 0.108. The SMILES string of the molecule is NCCc1nc(C(=O)NCCc2ccc([N+](=O)[O-])cc2)co1. The smallest absolute Gasteiger partial charge is 0.273 e. The van der Waals surface area contributed by atoms with Gasteiger partial charge >= 0.3 is 0 Å². The molecule has 0 aliphatic carbocycles. The van der Waals surface area contributed by atoms with E-state index in [9.17, 15) is 14.9 Å². The van der Waals surface area contributed by atoms with Gasteiger partial charge in [-0.05, 0) is 12.0 Å². The van der Waals surface area contributed by atoms with E-state index < -0.39 is 4.92 Å². The summed E-state index contributed by atoms with van der Waals surface area (Å²) >= 11 is 0. The molecule has 1 heterocycles. The number of hydrogen-bond acceptors (Lipinski definition) is 6. The second-order valence-electron chi connectivity index (χ2n) is 4.59. The Morgan fingerprint density at radius 3 is 2.68 bits per heavy atom. The van der Waals surface area contributed by atoms with E-state index in [-0.39, 0.29) is 17.3 Å². The van der Waals surface area contributed by atoms with Gasteiger partial charge in [-0.25, -0.2) is 4.98 Å². The molecule has 1 aromatic heterocycles. The minimum atomic E-state index is -0.449. The molecule has 22 heavy (non-hydrogen) atoms. The van der Waals surface area contributed by atoms with Crippen molar-refractivity contribution < 1.29 is 14.1 Å². The third-order valence-corrected chi connectivity index (χ3v) is 2.99. The van der Waals surface area contributed by atoms with Crippen molar-refractivity contribution in [1.29, 1.82) is 0 Å². The Bertz CT molecular complexity index is 651. The molecule has 1 amide bonds. The van der Waals surface area contributed by atoms with E-state index in [0.717, 1.165) is 5.56 Å². The molecule has 8 nitrogen and oxygen atoms in total. The van der Waals surface area contributed by atoms with E-state index in [1.54, 1.807) is 12.1 Å². The first-order valence-electron chi connectivity index (χ1n) is 6.76. The van der Waals surface area contributed by atoms with Crippen molar-refractivity contribution in [1.82, 2.24) is 10.3 Å². The number of benzene rings is 1. The molecule has 0 unspecified atom stereocenters. The number of hydrogen-bond donors (Lipinski definition) is 2. The van der Waals surface area contributed by atoms with Gasteiger partial charge in [0.25, 0.3) is 11.6 Å². The summed E-state index contributed by atoms with van der Waals surface area (Å²) in [6, 6.07) is 6.21. The fraction of sp³-hybridized carbons (Fsp3) is 0.286. The Kier molecular flexibility index (Phi) is 5.21. The van der Waals surface area contributed by atoms with Gasteiger partial charge in [-0.1, -0.05) is 12.1 Å². The number of carbonyl (C=O) groups is 1. The third kappa shape index (κ3) is 4.13. The van der Waals surface area contributed by atoms with Crippen LogP contribution in [0.1, 0.15) is 21.9 Å². The van der Waals surface area contributed by atoms with E-state index in [0.29, 0.717) is 31.8 Å². The zero-order valence-electron chi connectivity index (χ0n) is 11.8. The highest BCUT2D eigenvalue weighted by molar-refractivity contribution is 5.91. The summed E-state index contributed by atoms with van der Waals surface area (Å²) in [6.45, 7) is 0.803. The van der Waals surface area contributed by atoms with Gasteiger partial charge in [-0.3, -0.25) is 14.9 Å². The standard InChI is InChI=1S/C14H16N4O4/c15-7-5-13-17-12(9-22-13)14(19)16-8-6-10-1-3-11(4-2-10)18(20)21/h1-4,9H,5-8,15H2,(H,16,19). The molecular weight excluding hydrogens is 288 g/mol. The van der Waals surface area contributed by atoms with Crippen LogP contribution in [0.3, 0.4) is 0 Å². The van der Waals surface area contributed by atoms with Crippen LogP contribution in [0.2, 0.25) is 0 Å². The first kappa shape index (κ1) is 15.6. The molecule has 2 aromatic rings. The summed E-state index contributed by atoms with van der Waals surface area (Å²) in [6.07, 6.45) is 2.35. The zero-order chi connectivity index (χ0) is 15.9. The van der Waals surface area contributed by atoms with Crippen molar-refractivity contribution in [3.8, 4) is 0 Å². The Morgan fingerprint density at radius 2 is 2.05 bits per heavy atom. The minimum Gasteiger partial charge on any atom is -0.448 e. The van der Waals surface area contributed by atoms with Crippen LogP contribution < -0.4 is 11.1 Å². The van der Waals surface area contributed by atoms with Crippen LogP contribution in [-0.4, -0.2) is 28.9 Å². The molecule has 116 valence electrons. The normalized spacial score (nSPS) is 10.4. The number of nitrogens with zero attached hydrogens (tertiary/aromatic N) is 2. The van der Waals surface area contributed by atoms with Gasteiger partial charge in [0.1, 0.15) is 6.26 Å². The van der Waals surface area contributed by atoms with Gasteiger partial charge in [-0.2, -0.15) is 0 Å². The van der Waals surface area contributed by atoms with E-state index in [4.69, 9.17) is 10.2 Å². The zero-order valence-corrected chi connectivity index (χ0v) is 11.8. The summed E-state index contributed by atoms with van der Waals surface area (Å²) in [5.41, 5.74) is 6.53. The Labute approximate surface area is 126 Å². The highest BCUT2D eigenvalue weighted by Crippen LogP contribution is 2.12. The van der Waals surface area contributed by atoms with Crippen molar-refractivity contribution in [3.05, 3.63) is 57.8 Å². The molecule has 0 spiro atoms. The van der Waals surface area contributed by atoms with Gasteiger partial charge < -0.3 is 15.5 Å². The Hall–Kier alpha value is -2.74. The quantitative estimate of drug-likeness (QED) is 0.582. The number of nitrogens with two attached hydrogens (primary N) is 1. The van der Waals surface area contributed by atoms with E-state index >= 15 is 0 Å². The number of carbonyl (C=O) groups excluding carboxylic acids is 1. The molecule has 0 aliphatic rings. The lowest BCUT2D eigenvalue weighted by Gasteiger charge is -2.03. The highest BCUT2D eigenvalue weighted by Gasteiger charge is 2.11. The van der Waals surface area contributed by atoms with Crippen LogP contribution >= 0.6 is 0 Å². The maximum absolute atomic E-state index is 11.8. The lowest BCUT2D eigenvalue weighted by atomic mass is 10.1. The molecule has 2 rings (SSSR count). The number of nitro benzene ring substituents is 1. The maximum Gasteiger partial charge on any atom is 0.273 e. The van der Waals surface area contributed by atoms with Crippen molar-refractivity contribution in [3.63, 3.8) is 0 Å². The molecule has 0 radical (unpaired) electrons. The lowest BCUT2D eigenvalue weighted by Crippen LogP contribution is -2.26. The molecule has 0 bridgehead atoms. The van der Waals surface area contributed by atoms with Crippen LogP contribution in [0.25, 0.3) is 0 Å². The predicted octanol–water partition coefficient (Wildman–Crippen LogP) is 1.06. The van der Waals surface area contributed by atoms with Crippen molar-refractivity contribution in [2.45, 2.75) is 12.8 Å². The Balaban J connectivity index is 1.82. The van der Waals surface area contributed by atoms with E-state index in [2.05, 4.69) is 10.3 Å². The first-order valence-corrected chi connectivity index (χ1v) is 6.76. The summed E-state index contributed by atoms with van der Waals surface area (Å²) in [5, 5.41) is 13.3. The van der Waals surface area contributed by atoms with Crippen LogP contribution in [0.15, 0.2) is 34.9 Å². The van der Waals surface area contributed by atoms with Gasteiger partial charge in [0.15, 0.2) is 11.6 Å². The third-order valence-electron chi connectivity index (χ3n) is 2.99. The highest BCUT2D eigenvalue weighted by atomic mass is 16.6. The second kappa shape index (κ2) is 7.32. The van der Waals surface area contributed by atoms with Crippen molar-refractivity contribution in [2.24, 2.45) is 5.73 Å². The van der Waals surface area contributed by atoms with E-state index in [1.807, 2.05) is 0 Å². The van der Waals surface area contributed by atoms with E-state index in [1.165, 1.54) is 18.4 Å². The average Bonchev–Trinajstić information content (AvgIpc) is 2.97. The molecule has 0 saturated carbocycles. The fourth-order valence-electron chi connectivity index (χ4n) is 1.85. The number of amides is 1. The number of oxazole rings is 1. The summed E-state index contributed by atoms with van der Waals surface area (Å²) in [7, 11) is 0. The number of rotatable bonds is 7. The van der Waals surface area contributed by atoms with Crippen LogP contribution in [0, 0.1) is 10.1 Å². The average molecular weight is 304 g/mol. The van der Waals surface area contributed by atoms with Crippen LogP contribution in [0.5, 0.6) is 0 Å². The number of non-ortho nitro benzene ring substituents is 1. The van der Waals surface area contributed by atoms with Gasteiger partial charge in [-0.15, -0.1) is 0 Å². The van der Waals surface area contributed by atoms with Crippen LogP contribution in [-0.2, 0) is 12.8 Å². The largest absolute Gasteiger partial charge is 0.448 e. The maximum atomic E-state index is 11.8. The van der Waals surface area contributed by atoms with Crippen molar-refractivity contribution >= 4 is 11.6 Å². The summed E-state index contributed by atoms with van der Waals surface area (Å²) in [4.78, 5) is 26.0. The molecule has 3 N–H and O–H groups in total. The number of nitro groups is 1. The second-order valence-corrected chi connectivity index (χ2v) is 4.59. The lowest BCUT2D eigenvalue weighted by molar-refractivity contribution is -0.384. The predicted molar refractivity (Wildman–Crippen MR) is 78.4 cm³/mol.